The van der Waals surface area contributed by atoms with E-state index in [1.165, 1.54) is 10.6 Å². The summed E-state index contributed by atoms with van der Waals surface area (Å²) in [6.07, 6.45) is 0.689. The fraction of sp³-hybridized carbons (Fsp3) is 0.250. The number of carbonyl (C=O) groups is 1. The molecule has 0 radical (unpaired) electrons. The molecule has 0 spiro atoms. The number of nitro benzene ring substituents is 1. The van der Waals surface area contributed by atoms with Gasteiger partial charge in [0.15, 0.2) is 5.16 Å². The van der Waals surface area contributed by atoms with Crippen molar-refractivity contribution in [3.63, 3.8) is 0 Å². The molecular weight excluding hydrogens is 447 g/mol. The number of benzene rings is 2. The lowest BCUT2D eigenvalue weighted by Crippen LogP contribution is -2.27. The van der Waals surface area contributed by atoms with Gasteiger partial charge in [-0.15, -0.1) is 0 Å². The average molecular weight is 465 g/mol. The lowest BCUT2D eigenvalue weighted by atomic mass is 10.2. The summed E-state index contributed by atoms with van der Waals surface area (Å²) in [4.78, 5) is 40.1. The summed E-state index contributed by atoms with van der Waals surface area (Å²) < 4.78 is 15.0. The number of anilines is 1. The van der Waals surface area contributed by atoms with Crippen LogP contribution in [0.4, 0.5) is 15.8 Å². The van der Waals surface area contributed by atoms with Gasteiger partial charge < -0.3 is 5.32 Å². The van der Waals surface area contributed by atoms with Gasteiger partial charge in [-0.05, 0) is 43.7 Å². The van der Waals surface area contributed by atoms with E-state index in [1.807, 2.05) is 6.92 Å². The number of rotatable bonds is 7. The smallest absolute Gasteiger partial charge is 0.306 e. The van der Waals surface area contributed by atoms with Crippen LogP contribution in [-0.4, -0.2) is 25.6 Å². The third-order valence-electron chi connectivity index (χ3n) is 4.39. The molecule has 1 heterocycles. The predicted octanol–water partition coefficient (Wildman–Crippen LogP) is 4.63. The fourth-order valence-corrected chi connectivity index (χ4v) is 3.97. The van der Waals surface area contributed by atoms with E-state index >= 15 is 0 Å². The highest BCUT2D eigenvalue weighted by atomic mass is 35.5. The van der Waals surface area contributed by atoms with Crippen LogP contribution in [0.3, 0.4) is 0 Å². The van der Waals surface area contributed by atoms with Gasteiger partial charge in [0.2, 0.25) is 11.7 Å². The van der Waals surface area contributed by atoms with Gasteiger partial charge in [0.05, 0.1) is 21.1 Å². The van der Waals surface area contributed by atoms with E-state index in [9.17, 15) is 24.1 Å². The Kier molecular flexibility index (Phi) is 6.91. The van der Waals surface area contributed by atoms with Crippen molar-refractivity contribution in [3.8, 4) is 0 Å². The van der Waals surface area contributed by atoms with Gasteiger partial charge in [-0.1, -0.05) is 30.3 Å². The molecule has 3 aromatic rings. The topological polar surface area (TPSA) is 107 Å². The van der Waals surface area contributed by atoms with Crippen LogP contribution in [0.1, 0.15) is 20.3 Å². The number of nitrogens with one attached hydrogen (secondary N) is 1. The minimum absolute atomic E-state index is 0.0924. The van der Waals surface area contributed by atoms with E-state index in [0.29, 0.717) is 34.0 Å². The Morgan fingerprint density at radius 3 is 2.77 bits per heavy atom. The summed E-state index contributed by atoms with van der Waals surface area (Å²) >= 11 is 7.10. The lowest BCUT2D eigenvalue weighted by molar-refractivity contribution is -0.387. The SMILES string of the molecule is CCCn1c(SC(C)C(=O)Nc2ccc(F)c([N+](=O)[O-])c2)nc2cc(Cl)ccc2c1=O. The van der Waals surface area contributed by atoms with E-state index in [2.05, 4.69) is 10.3 Å². The summed E-state index contributed by atoms with van der Waals surface area (Å²) in [7, 11) is 0. The van der Waals surface area contributed by atoms with Crippen molar-refractivity contribution in [2.45, 2.75) is 37.2 Å². The highest BCUT2D eigenvalue weighted by Crippen LogP contribution is 2.26. The minimum atomic E-state index is -0.993. The standard InChI is InChI=1S/C20H18ClFN4O4S/c1-3-8-25-19(28)14-6-4-12(21)9-16(14)24-20(25)31-11(2)18(27)23-13-5-7-15(22)17(10-13)26(29)30/h4-7,9-11H,3,8H2,1-2H3,(H,23,27). The van der Waals surface area contributed by atoms with Crippen LogP contribution in [0.2, 0.25) is 5.02 Å². The number of carbonyl (C=O) groups excluding carboxylic acids is 1. The molecule has 0 bridgehead atoms. The molecule has 3 rings (SSSR count). The van der Waals surface area contributed by atoms with Crippen LogP contribution in [0.25, 0.3) is 10.9 Å². The van der Waals surface area contributed by atoms with Crippen molar-refractivity contribution in [2.75, 3.05) is 5.32 Å². The molecular formula is C20H18ClFN4O4S. The first kappa shape index (κ1) is 22.7. The average Bonchev–Trinajstić information content (AvgIpc) is 2.71. The predicted molar refractivity (Wildman–Crippen MR) is 118 cm³/mol. The Morgan fingerprint density at radius 1 is 1.35 bits per heavy atom. The zero-order valence-corrected chi connectivity index (χ0v) is 18.2. The summed E-state index contributed by atoms with van der Waals surface area (Å²) in [5, 5.41) is 13.9. The van der Waals surface area contributed by atoms with Gasteiger partial charge in [0.25, 0.3) is 5.56 Å². The number of thioether (sulfide) groups is 1. The highest BCUT2D eigenvalue weighted by molar-refractivity contribution is 8.00. The minimum Gasteiger partial charge on any atom is -0.325 e. The number of fused-ring (bicyclic) bond motifs is 1. The third-order valence-corrected chi connectivity index (χ3v) is 5.72. The number of nitro groups is 1. The third kappa shape index (κ3) is 5.02. The van der Waals surface area contributed by atoms with E-state index < -0.39 is 27.6 Å². The zero-order valence-electron chi connectivity index (χ0n) is 16.6. The number of nitrogens with zero attached hydrogens (tertiary/aromatic N) is 3. The quantitative estimate of drug-likeness (QED) is 0.236. The summed E-state index contributed by atoms with van der Waals surface area (Å²) in [5.74, 6) is -1.47. The Bertz CT molecular complexity index is 1230. The van der Waals surface area contributed by atoms with Crippen LogP contribution in [0.5, 0.6) is 0 Å². The van der Waals surface area contributed by atoms with Gasteiger partial charge in [-0.3, -0.25) is 24.3 Å². The molecule has 2 aromatic carbocycles. The van der Waals surface area contributed by atoms with Crippen LogP contribution in [-0.2, 0) is 11.3 Å². The molecule has 0 aliphatic carbocycles. The van der Waals surface area contributed by atoms with E-state index in [-0.39, 0.29) is 11.2 Å². The Hall–Kier alpha value is -2.98. The van der Waals surface area contributed by atoms with Crippen LogP contribution < -0.4 is 10.9 Å². The fourth-order valence-electron chi connectivity index (χ4n) is 2.87. The van der Waals surface area contributed by atoms with E-state index in [0.717, 1.165) is 23.9 Å². The molecule has 1 unspecified atom stereocenters. The van der Waals surface area contributed by atoms with E-state index in [1.54, 1.807) is 25.1 Å². The molecule has 8 nitrogen and oxygen atoms in total. The van der Waals surface area contributed by atoms with Gasteiger partial charge in [-0.25, -0.2) is 4.98 Å². The van der Waals surface area contributed by atoms with Crippen molar-refractivity contribution in [1.82, 2.24) is 9.55 Å². The first-order valence-corrected chi connectivity index (χ1v) is 10.6. The maximum absolute atomic E-state index is 13.5. The summed E-state index contributed by atoms with van der Waals surface area (Å²) in [6.45, 7) is 3.96. The van der Waals surface area contributed by atoms with Crippen molar-refractivity contribution in [3.05, 3.63) is 67.7 Å². The number of hydrogen-bond donors (Lipinski definition) is 1. The molecule has 162 valence electrons. The van der Waals surface area contributed by atoms with E-state index in [4.69, 9.17) is 11.6 Å². The molecule has 1 aromatic heterocycles. The molecule has 1 amide bonds. The molecule has 0 aliphatic heterocycles. The normalized spacial score (nSPS) is 12.0. The molecule has 0 fully saturated rings. The second kappa shape index (κ2) is 9.44. The number of hydrogen-bond acceptors (Lipinski definition) is 6. The Balaban J connectivity index is 1.88. The first-order valence-electron chi connectivity index (χ1n) is 9.32. The zero-order chi connectivity index (χ0) is 22.7. The van der Waals surface area contributed by atoms with Crippen molar-refractivity contribution >= 4 is 51.5 Å². The Morgan fingerprint density at radius 2 is 2.10 bits per heavy atom. The Labute approximate surface area is 185 Å². The van der Waals surface area contributed by atoms with Gasteiger partial charge in [0, 0.05) is 23.3 Å². The van der Waals surface area contributed by atoms with Crippen molar-refractivity contribution in [2.24, 2.45) is 0 Å². The second-order valence-electron chi connectivity index (χ2n) is 6.69. The molecule has 11 heteroatoms. The molecule has 0 aliphatic rings. The number of halogens is 2. The lowest BCUT2D eigenvalue weighted by Gasteiger charge is -2.16. The first-order chi connectivity index (χ1) is 14.7. The summed E-state index contributed by atoms with van der Waals surface area (Å²) in [5.41, 5.74) is -0.445. The van der Waals surface area contributed by atoms with Crippen LogP contribution in [0, 0.1) is 15.9 Å². The number of aromatic nitrogens is 2. The van der Waals surface area contributed by atoms with Crippen LogP contribution >= 0.6 is 23.4 Å². The number of amides is 1. The highest BCUT2D eigenvalue weighted by Gasteiger charge is 2.21. The molecule has 1 N–H and O–H groups in total. The van der Waals surface area contributed by atoms with Gasteiger partial charge in [-0.2, -0.15) is 4.39 Å². The van der Waals surface area contributed by atoms with Crippen molar-refractivity contribution in [1.29, 1.82) is 0 Å². The second-order valence-corrected chi connectivity index (χ2v) is 8.43. The van der Waals surface area contributed by atoms with Gasteiger partial charge in [0.1, 0.15) is 0 Å². The molecule has 0 saturated heterocycles. The summed E-state index contributed by atoms with van der Waals surface area (Å²) in [6, 6.07) is 7.92. The molecule has 31 heavy (non-hydrogen) atoms. The van der Waals surface area contributed by atoms with Gasteiger partial charge >= 0.3 is 5.69 Å². The van der Waals surface area contributed by atoms with Crippen LogP contribution in [0.15, 0.2) is 46.3 Å². The maximum atomic E-state index is 13.5. The molecule has 1 atom stereocenters. The molecule has 0 saturated carbocycles. The van der Waals surface area contributed by atoms with Crippen molar-refractivity contribution < 1.29 is 14.1 Å². The maximum Gasteiger partial charge on any atom is 0.306 e. The monoisotopic (exact) mass is 464 g/mol. The largest absolute Gasteiger partial charge is 0.325 e.